The largest absolute Gasteiger partial charge is 0.467 e. The Hall–Kier alpha value is -4.15. The van der Waals surface area contributed by atoms with Gasteiger partial charge in [-0.15, -0.1) is 0 Å². The Bertz CT molecular complexity index is 1340. The second-order valence-corrected chi connectivity index (χ2v) is 8.14. The van der Waals surface area contributed by atoms with Gasteiger partial charge in [0.05, 0.1) is 25.5 Å². The van der Waals surface area contributed by atoms with Gasteiger partial charge >= 0.3 is 5.97 Å². The van der Waals surface area contributed by atoms with Gasteiger partial charge in [0, 0.05) is 18.2 Å². The van der Waals surface area contributed by atoms with Crippen molar-refractivity contribution in [3.63, 3.8) is 0 Å². The number of methoxy groups -OCH3 is 1. The third-order valence-corrected chi connectivity index (χ3v) is 5.96. The first kappa shape index (κ1) is 22.6. The van der Waals surface area contributed by atoms with E-state index < -0.39 is 17.8 Å². The fourth-order valence-electron chi connectivity index (χ4n) is 4.23. The van der Waals surface area contributed by atoms with Crippen molar-refractivity contribution in [3.05, 3.63) is 66.1 Å². The molecule has 180 valence electrons. The van der Waals surface area contributed by atoms with Crippen molar-refractivity contribution in [3.8, 4) is 22.9 Å². The molecule has 1 aliphatic heterocycles. The van der Waals surface area contributed by atoms with Crippen molar-refractivity contribution in [2.75, 3.05) is 18.6 Å². The maximum Gasteiger partial charge on any atom is 0.328 e. The van der Waals surface area contributed by atoms with E-state index in [9.17, 15) is 13.6 Å². The summed E-state index contributed by atoms with van der Waals surface area (Å²) in [4.78, 5) is 22.5. The number of esters is 1. The van der Waals surface area contributed by atoms with Gasteiger partial charge in [0.1, 0.15) is 29.5 Å². The summed E-state index contributed by atoms with van der Waals surface area (Å²) in [5, 5.41) is 8.54. The first-order chi connectivity index (χ1) is 17.0. The van der Waals surface area contributed by atoms with E-state index in [4.69, 9.17) is 9.26 Å². The zero-order chi connectivity index (χ0) is 24.4. The van der Waals surface area contributed by atoms with Crippen molar-refractivity contribution >= 4 is 11.8 Å². The van der Waals surface area contributed by atoms with Crippen LogP contribution in [0, 0.1) is 11.6 Å². The van der Waals surface area contributed by atoms with Crippen molar-refractivity contribution in [2.24, 2.45) is 0 Å². The van der Waals surface area contributed by atoms with E-state index in [2.05, 4.69) is 20.2 Å². The quantitative estimate of drug-likeness (QED) is 0.384. The van der Waals surface area contributed by atoms with Gasteiger partial charge in [0.25, 0.3) is 0 Å². The smallest absolute Gasteiger partial charge is 0.328 e. The van der Waals surface area contributed by atoms with Crippen LogP contribution in [0.1, 0.15) is 24.8 Å². The van der Waals surface area contributed by atoms with Gasteiger partial charge in [-0.2, -0.15) is 5.10 Å². The fraction of sp³-hybridized carbons (Fsp3) is 0.292. The predicted octanol–water partition coefficient (Wildman–Crippen LogP) is 3.85. The van der Waals surface area contributed by atoms with Gasteiger partial charge < -0.3 is 14.2 Å². The van der Waals surface area contributed by atoms with E-state index >= 15 is 0 Å². The van der Waals surface area contributed by atoms with Crippen LogP contribution in [0.5, 0.6) is 0 Å². The zero-order valence-electron chi connectivity index (χ0n) is 18.9. The number of aromatic nitrogens is 5. The topological polar surface area (TPSA) is 99.2 Å². The fourth-order valence-corrected chi connectivity index (χ4v) is 4.23. The van der Waals surface area contributed by atoms with E-state index in [1.807, 2.05) is 0 Å². The molecule has 11 heteroatoms. The standard InChI is InChI=1S/C24H22F2N6O3/c1-34-24(33)20-8-4-5-10-31(20)23-17(26)13-27-22(28-23)19-12-21(18-9-11-35-30-18)32(29-19)14-15-6-2-3-7-16(15)25/h2-3,6-7,9,11-13,20H,4-5,8,10,14H2,1H3. The number of hydrogen-bond acceptors (Lipinski definition) is 8. The average molecular weight is 480 g/mol. The highest BCUT2D eigenvalue weighted by atomic mass is 19.1. The minimum absolute atomic E-state index is 0.0109. The van der Waals surface area contributed by atoms with Gasteiger partial charge in [0.15, 0.2) is 17.5 Å². The van der Waals surface area contributed by atoms with Crippen molar-refractivity contribution < 1.29 is 22.8 Å². The van der Waals surface area contributed by atoms with Crippen LogP contribution in [0.25, 0.3) is 22.9 Å². The van der Waals surface area contributed by atoms with E-state index in [0.717, 1.165) is 19.0 Å². The van der Waals surface area contributed by atoms with Crippen LogP contribution < -0.4 is 4.90 Å². The number of rotatable bonds is 6. The second kappa shape index (κ2) is 9.61. The van der Waals surface area contributed by atoms with Gasteiger partial charge in [0.2, 0.25) is 0 Å². The zero-order valence-corrected chi connectivity index (χ0v) is 18.9. The Morgan fingerprint density at radius 3 is 2.80 bits per heavy atom. The van der Waals surface area contributed by atoms with Crippen molar-refractivity contribution in [2.45, 2.75) is 31.8 Å². The summed E-state index contributed by atoms with van der Waals surface area (Å²) < 4.78 is 40.6. The lowest BCUT2D eigenvalue weighted by Gasteiger charge is -2.34. The summed E-state index contributed by atoms with van der Waals surface area (Å²) in [6, 6.07) is 9.11. The Balaban J connectivity index is 1.55. The normalized spacial score (nSPS) is 15.9. The van der Waals surface area contributed by atoms with E-state index in [1.165, 1.54) is 19.4 Å². The molecular weight excluding hydrogens is 458 g/mol. The predicted molar refractivity (Wildman–Crippen MR) is 121 cm³/mol. The molecule has 1 atom stereocenters. The van der Waals surface area contributed by atoms with Crippen LogP contribution in [0.3, 0.4) is 0 Å². The third kappa shape index (κ3) is 4.48. The number of anilines is 1. The summed E-state index contributed by atoms with van der Waals surface area (Å²) >= 11 is 0. The maximum absolute atomic E-state index is 14.8. The molecule has 1 aromatic carbocycles. The summed E-state index contributed by atoms with van der Waals surface area (Å²) in [5.74, 6) is -1.28. The van der Waals surface area contributed by atoms with Gasteiger partial charge in [-0.25, -0.2) is 23.5 Å². The molecule has 1 fully saturated rings. The third-order valence-electron chi connectivity index (χ3n) is 5.96. The number of ether oxygens (including phenoxy) is 1. The van der Waals surface area contributed by atoms with Gasteiger partial charge in [-0.1, -0.05) is 23.4 Å². The van der Waals surface area contributed by atoms with Crippen LogP contribution in [-0.2, 0) is 16.1 Å². The highest BCUT2D eigenvalue weighted by molar-refractivity contribution is 5.80. The molecule has 3 aromatic heterocycles. The molecule has 35 heavy (non-hydrogen) atoms. The number of benzene rings is 1. The Kier molecular flexibility index (Phi) is 6.21. The Morgan fingerprint density at radius 2 is 2.03 bits per heavy atom. The molecule has 4 heterocycles. The lowest BCUT2D eigenvalue weighted by atomic mass is 10.0. The first-order valence-corrected chi connectivity index (χ1v) is 11.1. The molecule has 1 aliphatic rings. The molecule has 0 aliphatic carbocycles. The minimum atomic E-state index is -0.646. The van der Waals surface area contributed by atoms with Crippen LogP contribution in [0.15, 0.2) is 53.4 Å². The molecule has 0 saturated carbocycles. The van der Waals surface area contributed by atoms with Crippen LogP contribution in [0.4, 0.5) is 14.6 Å². The summed E-state index contributed by atoms with van der Waals surface area (Å²) in [7, 11) is 1.31. The highest BCUT2D eigenvalue weighted by Gasteiger charge is 2.32. The molecule has 0 bridgehead atoms. The Labute approximate surface area is 199 Å². The SMILES string of the molecule is COC(=O)C1CCCCN1c1nc(-c2cc(-c3ccon3)n(Cc3ccccc3F)n2)ncc1F. The summed E-state index contributed by atoms with van der Waals surface area (Å²) in [6.45, 7) is 0.582. The molecule has 0 amide bonds. The summed E-state index contributed by atoms with van der Waals surface area (Å²) in [5.41, 5.74) is 1.81. The van der Waals surface area contributed by atoms with E-state index in [0.29, 0.717) is 35.6 Å². The van der Waals surface area contributed by atoms with Crippen LogP contribution in [0.2, 0.25) is 0 Å². The molecule has 9 nitrogen and oxygen atoms in total. The monoisotopic (exact) mass is 480 g/mol. The first-order valence-electron chi connectivity index (χ1n) is 11.1. The Morgan fingerprint density at radius 1 is 1.17 bits per heavy atom. The number of halogens is 2. The molecule has 0 spiro atoms. The second-order valence-electron chi connectivity index (χ2n) is 8.14. The number of piperidine rings is 1. The molecule has 5 rings (SSSR count). The number of carbonyl (C=O) groups is 1. The van der Waals surface area contributed by atoms with Crippen molar-refractivity contribution in [1.29, 1.82) is 0 Å². The van der Waals surface area contributed by atoms with E-state index in [1.54, 1.807) is 39.9 Å². The number of carbonyl (C=O) groups excluding carboxylic acids is 1. The molecular formula is C24H22F2N6O3. The minimum Gasteiger partial charge on any atom is -0.467 e. The average Bonchev–Trinajstić information content (AvgIpc) is 3.55. The molecule has 1 saturated heterocycles. The molecule has 0 N–H and O–H groups in total. The maximum atomic E-state index is 14.8. The molecule has 1 unspecified atom stereocenters. The van der Waals surface area contributed by atoms with Gasteiger partial charge in [-0.3, -0.25) is 4.68 Å². The highest BCUT2D eigenvalue weighted by Crippen LogP contribution is 2.29. The van der Waals surface area contributed by atoms with Gasteiger partial charge in [-0.05, 0) is 31.4 Å². The number of nitrogens with zero attached hydrogens (tertiary/aromatic N) is 6. The van der Waals surface area contributed by atoms with Crippen LogP contribution in [-0.4, -0.2) is 50.6 Å². The molecule has 0 radical (unpaired) electrons. The summed E-state index contributed by atoms with van der Waals surface area (Å²) in [6.07, 6.45) is 4.65. The lowest BCUT2D eigenvalue weighted by Crippen LogP contribution is -2.46. The lowest BCUT2D eigenvalue weighted by molar-refractivity contribution is -0.142. The van der Waals surface area contributed by atoms with Crippen LogP contribution >= 0.6 is 0 Å². The number of hydrogen-bond donors (Lipinski definition) is 0. The van der Waals surface area contributed by atoms with Crippen molar-refractivity contribution in [1.82, 2.24) is 24.9 Å². The van der Waals surface area contributed by atoms with E-state index in [-0.39, 0.29) is 24.0 Å². The molecule has 4 aromatic rings.